The number of aliphatic hydroxyl groups excluding tert-OH is 1. The maximum Gasteiger partial charge on any atom is 0.308 e. The van der Waals surface area contributed by atoms with Crippen LogP contribution in [0, 0.1) is 0 Å². The van der Waals surface area contributed by atoms with Crippen molar-refractivity contribution in [1.29, 1.82) is 0 Å². The third-order valence-electron chi connectivity index (χ3n) is 4.56. The minimum Gasteiger partial charge on any atom is -0.508 e. The Morgan fingerprint density at radius 3 is 2.50 bits per heavy atom. The van der Waals surface area contributed by atoms with Crippen LogP contribution in [0.4, 0.5) is 0 Å². The summed E-state index contributed by atoms with van der Waals surface area (Å²) in [5.41, 5.74) is 2.07. The number of rotatable bonds is 9. The summed E-state index contributed by atoms with van der Waals surface area (Å²) in [6.45, 7) is 3.97. The Hall–Kier alpha value is -3.77. The van der Waals surface area contributed by atoms with Crippen molar-refractivity contribution in [3.8, 4) is 23.0 Å². The highest BCUT2D eigenvalue weighted by molar-refractivity contribution is 5.72. The van der Waals surface area contributed by atoms with E-state index in [-0.39, 0.29) is 5.75 Å². The Labute approximate surface area is 187 Å². The zero-order chi connectivity index (χ0) is 22.9. The van der Waals surface area contributed by atoms with Gasteiger partial charge in [-0.25, -0.2) is 0 Å². The van der Waals surface area contributed by atoms with Crippen LogP contribution in [-0.4, -0.2) is 22.8 Å². The van der Waals surface area contributed by atoms with Crippen LogP contribution >= 0.6 is 0 Å². The Morgan fingerprint density at radius 2 is 1.78 bits per heavy atom. The van der Waals surface area contributed by atoms with Crippen molar-refractivity contribution in [2.24, 2.45) is 0 Å². The van der Waals surface area contributed by atoms with E-state index in [4.69, 9.17) is 14.2 Å². The molecule has 0 aliphatic carbocycles. The predicted molar refractivity (Wildman–Crippen MR) is 122 cm³/mol. The monoisotopic (exact) mass is 434 g/mol. The first kappa shape index (κ1) is 22.9. The van der Waals surface area contributed by atoms with Gasteiger partial charge in [0.05, 0.1) is 6.61 Å². The van der Waals surface area contributed by atoms with Crippen LogP contribution in [0.15, 0.2) is 72.8 Å². The van der Waals surface area contributed by atoms with Gasteiger partial charge in [0.2, 0.25) is 0 Å². The molecule has 0 aliphatic heterocycles. The lowest BCUT2D eigenvalue weighted by atomic mass is 10.1. The van der Waals surface area contributed by atoms with Crippen LogP contribution in [-0.2, 0) is 11.4 Å². The third kappa shape index (κ3) is 6.36. The Kier molecular flexibility index (Phi) is 7.89. The molecule has 3 aromatic carbocycles. The summed E-state index contributed by atoms with van der Waals surface area (Å²) in [5, 5.41) is 20.7. The van der Waals surface area contributed by atoms with Gasteiger partial charge in [0.15, 0.2) is 0 Å². The fourth-order valence-electron chi connectivity index (χ4n) is 3.08. The number of carbonyl (C=O) groups is 1. The fourth-order valence-corrected chi connectivity index (χ4v) is 3.08. The van der Waals surface area contributed by atoms with Gasteiger partial charge in [-0.05, 0) is 36.8 Å². The number of aliphatic hydroxyl groups is 1. The quantitative estimate of drug-likeness (QED) is 0.362. The first-order valence-corrected chi connectivity index (χ1v) is 10.3. The average Bonchev–Trinajstić information content (AvgIpc) is 2.77. The molecule has 0 bridgehead atoms. The first-order valence-electron chi connectivity index (χ1n) is 10.3. The summed E-state index contributed by atoms with van der Waals surface area (Å²) < 4.78 is 16.6. The van der Waals surface area contributed by atoms with Crippen molar-refractivity contribution in [2.75, 3.05) is 6.61 Å². The van der Waals surface area contributed by atoms with Crippen LogP contribution in [0.2, 0.25) is 0 Å². The van der Waals surface area contributed by atoms with E-state index >= 15 is 0 Å². The van der Waals surface area contributed by atoms with E-state index in [1.54, 1.807) is 36.4 Å². The lowest BCUT2D eigenvalue weighted by Gasteiger charge is -2.15. The van der Waals surface area contributed by atoms with E-state index in [9.17, 15) is 15.0 Å². The minimum atomic E-state index is -1.02. The minimum absolute atomic E-state index is 0.0386. The average molecular weight is 434 g/mol. The lowest BCUT2D eigenvalue weighted by Crippen LogP contribution is -2.04. The molecule has 0 aliphatic rings. The summed E-state index contributed by atoms with van der Waals surface area (Å²) in [5.74, 6) is 0.869. The number of aromatic hydroxyl groups is 1. The molecule has 3 aromatic rings. The van der Waals surface area contributed by atoms with Gasteiger partial charge in [0.25, 0.3) is 0 Å². The molecule has 0 heterocycles. The number of esters is 1. The molecule has 32 heavy (non-hydrogen) atoms. The Bertz CT molecular complexity index is 1070. The number of phenols is 1. The van der Waals surface area contributed by atoms with E-state index in [2.05, 4.69) is 0 Å². The van der Waals surface area contributed by atoms with Gasteiger partial charge in [-0.2, -0.15) is 0 Å². The molecule has 2 N–H and O–H groups in total. The van der Waals surface area contributed by atoms with Gasteiger partial charge < -0.3 is 24.4 Å². The number of hydrogen-bond acceptors (Lipinski definition) is 6. The fraction of sp³-hybridized carbons (Fsp3) is 0.192. The number of phenolic OH excluding ortho intramolecular Hbond substituents is 1. The van der Waals surface area contributed by atoms with Gasteiger partial charge >= 0.3 is 5.97 Å². The molecule has 0 spiro atoms. The molecule has 6 nitrogen and oxygen atoms in total. The SMILES string of the molecule is CCOc1ccc(C=CC(O)c2ccc(O)cc2OCc2ccccc2)c(OC(C)=O)c1. The molecule has 6 heteroatoms. The maximum atomic E-state index is 11.5. The largest absolute Gasteiger partial charge is 0.508 e. The van der Waals surface area contributed by atoms with Crippen molar-refractivity contribution in [3.63, 3.8) is 0 Å². The van der Waals surface area contributed by atoms with E-state index in [0.29, 0.717) is 41.6 Å². The normalized spacial score (nSPS) is 11.8. The molecule has 166 valence electrons. The van der Waals surface area contributed by atoms with Crippen molar-refractivity contribution >= 4 is 12.0 Å². The molecule has 0 saturated heterocycles. The van der Waals surface area contributed by atoms with Gasteiger partial charge in [0.1, 0.15) is 35.7 Å². The summed E-state index contributed by atoms with van der Waals surface area (Å²) in [4.78, 5) is 11.5. The third-order valence-corrected chi connectivity index (χ3v) is 4.56. The Balaban J connectivity index is 1.82. The predicted octanol–water partition coefficient (Wildman–Crippen LogP) is 5.04. The zero-order valence-corrected chi connectivity index (χ0v) is 18.0. The van der Waals surface area contributed by atoms with Crippen LogP contribution in [0.5, 0.6) is 23.0 Å². The molecular formula is C26H26O6. The van der Waals surface area contributed by atoms with E-state index in [0.717, 1.165) is 5.56 Å². The van der Waals surface area contributed by atoms with Crippen LogP contribution in [0.1, 0.15) is 36.6 Å². The highest BCUT2D eigenvalue weighted by Crippen LogP contribution is 2.32. The molecule has 3 rings (SSSR count). The smallest absolute Gasteiger partial charge is 0.308 e. The molecular weight excluding hydrogens is 408 g/mol. The number of ether oxygens (including phenoxy) is 3. The van der Waals surface area contributed by atoms with Gasteiger partial charge in [-0.1, -0.05) is 42.5 Å². The number of carbonyl (C=O) groups excluding carboxylic acids is 1. The zero-order valence-electron chi connectivity index (χ0n) is 18.0. The van der Waals surface area contributed by atoms with Crippen molar-refractivity contribution in [3.05, 3.63) is 89.5 Å². The summed E-state index contributed by atoms with van der Waals surface area (Å²) in [6, 6.07) is 19.3. The van der Waals surface area contributed by atoms with Crippen molar-refractivity contribution in [2.45, 2.75) is 26.6 Å². The molecule has 0 aromatic heterocycles. The van der Waals surface area contributed by atoms with E-state index in [1.165, 1.54) is 19.1 Å². The lowest BCUT2D eigenvalue weighted by molar-refractivity contribution is -0.131. The maximum absolute atomic E-state index is 11.5. The second-order valence-corrected chi connectivity index (χ2v) is 7.03. The van der Waals surface area contributed by atoms with Gasteiger partial charge in [-0.15, -0.1) is 0 Å². The standard InChI is InChI=1S/C26H26O6/c1-3-30-22-12-9-20(25(16-22)32-18(2)27)10-14-24(29)23-13-11-21(28)15-26(23)31-17-19-7-5-4-6-8-19/h4-16,24,28-29H,3,17H2,1-2H3. The van der Waals surface area contributed by atoms with E-state index < -0.39 is 12.1 Å². The number of hydrogen-bond donors (Lipinski definition) is 2. The van der Waals surface area contributed by atoms with Crippen LogP contribution < -0.4 is 14.2 Å². The van der Waals surface area contributed by atoms with Gasteiger partial charge in [0, 0.05) is 30.2 Å². The molecule has 1 unspecified atom stereocenters. The highest BCUT2D eigenvalue weighted by atomic mass is 16.5. The first-order chi connectivity index (χ1) is 15.5. The topological polar surface area (TPSA) is 85.2 Å². The van der Waals surface area contributed by atoms with Crippen molar-refractivity contribution in [1.82, 2.24) is 0 Å². The molecule has 1 atom stereocenters. The second kappa shape index (κ2) is 11.0. The van der Waals surface area contributed by atoms with Gasteiger partial charge in [-0.3, -0.25) is 4.79 Å². The molecule has 0 saturated carbocycles. The summed E-state index contributed by atoms with van der Waals surface area (Å²) in [7, 11) is 0. The molecule has 0 amide bonds. The highest BCUT2D eigenvalue weighted by Gasteiger charge is 2.13. The Morgan fingerprint density at radius 1 is 1.00 bits per heavy atom. The van der Waals surface area contributed by atoms with Crippen LogP contribution in [0.25, 0.3) is 6.08 Å². The van der Waals surface area contributed by atoms with E-state index in [1.807, 2.05) is 37.3 Å². The number of benzene rings is 3. The summed E-state index contributed by atoms with van der Waals surface area (Å²) in [6.07, 6.45) is 2.20. The van der Waals surface area contributed by atoms with Crippen molar-refractivity contribution < 1.29 is 29.2 Å². The summed E-state index contributed by atoms with van der Waals surface area (Å²) >= 11 is 0. The van der Waals surface area contributed by atoms with Crippen LogP contribution in [0.3, 0.4) is 0 Å². The second-order valence-electron chi connectivity index (χ2n) is 7.03. The molecule has 0 fully saturated rings. The molecule has 0 radical (unpaired) electrons.